The van der Waals surface area contributed by atoms with E-state index in [9.17, 15) is 9.59 Å². The molecule has 0 aliphatic rings. The van der Waals surface area contributed by atoms with Gasteiger partial charge in [0.05, 0.1) is 0 Å². The van der Waals surface area contributed by atoms with Crippen LogP contribution in [0.5, 0.6) is 0 Å². The van der Waals surface area contributed by atoms with E-state index in [-0.39, 0.29) is 5.91 Å². The van der Waals surface area contributed by atoms with Crippen molar-refractivity contribution >= 4 is 11.7 Å². The largest absolute Gasteiger partial charge is 0.356 e. The number of hydrogen-bond acceptors (Lipinski definition) is 2. The van der Waals surface area contributed by atoms with Gasteiger partial charge in [-0.3, -0.25) is 4.79 Å². The fraction of sp³-hybridized carbons (Fsp3) is 0.875. The van der Waals surface area contributed by atoms with Crippen LogP contribution in [0.2, 0.25) is 0 Å². The highest BCUT2D eigenvalue weighted by Gasteiger charge is 1.98. The molecular formula is C16H31NO2. The minimum Gasteiger partial charge on any atom is -0.356 e. The van der Waals surface area contributed by atoms with Crippen LogP contribution in [0.3, 0.4) is 0 Å². The predicted molar refractivity (Wildman–Crippen MR) is 80.2 cm³/mol. The second-order valence-corrected chi connectivity index (χ2v) is 5.38. The lowest BCUT2D eigenvalue weighted by Crippen LogP contribution is -2.23. The van der Waals surface area contributed by atoms with Crippen LogP contribution in [-0.4, -0.2) is 18.2 Å². The first-order valence-electron chi connectivity index (χ1n) is 7.93. The summed E-state index contributed by atoms with van der Waals surface area (Å²) in [5.74, 6) is 0.498. The van der Waals surface area contributed by atoms with Crippen molar-refractivity contribution in [1.82, 2.24) is 5.32 Å². The lowest BCUT2D eigenvalue weighted by molar-refractivity contribution is -0.121. The summed E-state index contributed by atoms with van der Waals surface area (Å²) in [5.41, 5.74) is 0. The Morgan fingerprint density at radius 1 is 0.789 bits per heavy atom. The number of Topliss-reactive ketones (excluding diaryl/α,β-unsaturated/α-hetero) is 1. The minimum absolute atomic E-state index is 0.188. The summed E-state index contributed by atoms with van der Waals surface area (Å²) in [6.07, 6.45) is 11.9. The van der Waals surface area contributed by atoms with Gasteiger partial charge in [0.15, 0.2) is 0 Å². The van der Waals surface area contributed by atoms with Crippen molar-refractivity contribution < 1.29 is 9.59 Å². The molecule has 0 heterocycles. The lowest BCUT2D eigenvalue weighted by atomic mass is 10.1. The van der Waals surface area contributed by atoms with Gasteiger partial charge >= 0.3 is 0 Å². The van der Waals surface area contributed by atoms with E-state index in [0.29, 0.717) is 12.2 Å². The van der Waals surface area contributed by atoms with Gasteiger partial charge in [-0.15, -0.1) is 0 Å². The SMILES string of the molecule is CCCC(=O)NCCCCCCCCCCC(C)=O. The van der Waals surface area contributed by atoms with E-state index in [1.165, 1.54) is 38.5 Å². The Hall–Kier alpha value is -0.860. The van der Waals surface area contributed by atoms with Crippen LogP contribution in [0.25, 0.3) is 0 Å². The number of nitrogens with one attached hydrogen (secondary N) is 1. The third kappa shape index (κ3) is 15.1. The van der Waals surface area contributed by atoms with Gasteiger partial charge in [-0.25, -0.2) is 0 Å². The molecule has 0 aromatic heterocycles. The van der Waals surface area contributed by atoms with Gasteiger partial charge in [0.25, 0.3) is 0 Å². The first-order chi connectivity index (χ1) is 9.16. The smallest absolute Gasteiger partial charge is 0.219 e. The predicted octanol–water partition coefficient (Wildman–Crippen LogP) is 4.00. The molecule has 0 atom stereocenters. The Labute approximate surface area is 118 Å². The molecule has 0 radical (unpaired) electrons. The summed E-state index contributed by atoms with van der Waals surface area (Å²) >= 11 is 0. The van der Waals surface area contributed by atoms with Crippen molar-refractivity contribution in [3.8, 4) is 0 Å². The summed E-state index contributed by atoms with van der Waals surface area (Å²) < 4.78 is 0. The zero-order valence-corrected chi connectivity index (χ0v) is 12.8. The van der Waals surface area contributed by atoms with E-state index in [4.69, 9.17) is 0 Å². The average Bonchev–Trinajstić information content (AvgIpc) is 2.36. The molecule has 0 unspecified atom stereocenters. The highest BCUT2D eigenvalue weighted by Crippen LogP contribution is 2.09. The molecule has 0 rings (SSSR count). The highest BCUT2D eigenvalue weighted by molar-refractivity contribution is 5.75. The Morgan fingerprint density at radius 2 is 1.32 bits per heavy atom. The summed E-state index contributed by atoms with van der Waals surface area (Å²) in [5, 5.41) is 2.94. The zero-order chi connectivity index (χ0) is 14.3. The molecule has 0 fully saturated rings. The number of carbonyl (C=O) groups excluding carboxylic acids is 2. The van der Waals surface area contributed by atoms with E-state index < -0.39 is 0 Å². The first-order valence-corrected chi connectivity index (χ1v) is 7.93. The normalized spacial score (nSPS) is 10.4. The van der Waals surface area contributed by atoms with E-state index in [2.05, 4.69) is 5.32 Å². The molecule has 0 aliphatic carbocycles. The fourth-order valence-corrected chi connectivity index (χ4v) is 2.10. The standard InChI is InChI=1S/C16H31NO2/c1-3-12-16(19)17-14-11-9-7-5-4-6-8-10-13-15(2)18/h3-14H2,1-2H3,(H,17,19). The maximum absolute atomic E-state index is 11.2. The van der Waals surface area contributed by atoms with Crippen LogP contribution in [-0.2, 0) is 9.59 Å². The molecule has 0 saturated heterocycles. The van der Waals surface area contributed by atoms with Gasteiger partial charge in [-0.2, -0.15) is 0 Å². The third-order valence-corrected chi connectivity index (χ3v) is 3.25. The zero-order valence-electron chi connectivity index (χ0n) is 12.8. The monoisotopic (exact) mass is 269 g/mol. The van der Waals surface area contributed by atoms with E-state index in [0.717, 1.165) is 32.2 Å². The summed E-state index contributed by atoms with van der Waals surface area (Å²) in [6.45, 7) is 4.52. The number of hydrogen-bond donors (Lipinski definition) is 1. The first kappa shape index (κ1) is 18.1. The Bertz CT molecular complexity index is 239. The molecule has 0 aromatic carbocycles. The summed E-state index contributed by atoms with van der Waals surface area (Å²) in [7, 11) is 0. The topological polar surface area (TPSA) is 46.2 Å². The van der Waals surface area contributed by atoms with E-state index in [1.54, 1.807) is 6.92 Å². The molecule has 0 spiro atoms. The summed E-state index contributed by atoms with van der Waals surface area (Å²) in [6, 6.07) is 0. The Kier molecular flexibility index (Phi) is 13.0. The van der Waals surface area contributed by atoms with Gasteiger partial charge in [-0.05, 0) is 26.2 Å². The van der Waals surface area contributed by atoms with Crippen molar-refractivity contribution in [2.45, 2.75) is 84.5 Å². The molecule has 1 amide bonds. The Morgan fingerprint density at radius 3 is 1.84 bits per heavy atom. The van der Waals surface area contributed by atoms with Gasteiger partial charge in [0.1, 0.15) is 5.78 Å². The lowest BCUT2D eigenvalue weighted by Gasteiger charge is -2.04. The molecule has 19 heavy (non-hydrogen) atoms. The average molecular weight is 269 g/mol. The number of rotatable bonds is 13. The summed E-state index contributed by atoms with van der Waals surface area (Å²) in [4.78, 5) is 21.9. The second kappa shape index (κ2) is 13.6. The number of carbonyl (C=O) groups is 2. The van der Waals surface area contributed by atoms with Crippen molar-refractivity contribution in [3.05, 3.63) is 0 Å². The fourth-order valence-electron chi connectivity index (χ4n) is 2.10. The van der Waals surface area contributed by atoms with Crippen molar-refractivity contribution in [2.24, 2.45) is 0 Å². The van der Waals surface area contributed by atoms with Gasteiger partial charge in [0, 0.05) is 19.4 Å². The van der Waals surface area contributed by atoms with Crippen LogP contribution in [0.4, 0.5) is 0 Å². The molecule has 3 heteroatoms. The molecule has 3 nitrogen and oxygen atoms in total. The van der Waals surface area contributed by atoms with Crippen LogP contribution in [0.15, 0.2) is 0 Å². The number of unbranched alkanes of at least 4 members (excludes halogenated alkanes) is 7. The van der Waals surface area contributed by atoms with Crippen molar-refractivity contribution in [2.75, 3.05) is 6.54 Å². The van der Waals surface area contributed by atoms with Crippen LogP contribution >= 0.6 is 0 Å². The van der Waals surface area contributed by atoms with E-state index in [1.807, 2.05) is 6.92 Å². The maximum Gasteiger partial charge on any atom is 0.219 e. The molecule has 1 N–H and O–H groups in total. The molecule has 0 saturated carbocycles. The van der Waals surface area contributed by atoms with Crippen LogP contribution in [0.1, 0.15) is 84.5 Å². The van der Waals surface area contributed by atoms with Crippen molar-refractivity contribution in [1.29, 1.82) is 0 Å². The molecular weight excluding hydrogens is 238 g/mol. The number of amides is 1. The highest BCUT2D eigenvalue weighted by atomic mass is 16.1. The quantitative estimate of drug-likeness (QED) is 0.514. The Balaban J connectivity index is 3.06. The minimum atomic E-state index is 0.188. The third-order valence-electron chi connectivity index (χ3n) is 3.25. The molecule has 0 bridgehead atoms. The molecule has 0 aliphatic heterocycles. The molecule has 112 valence electrons. The van der Waals surface area contributed by atoms with Gasteiger partial charge < -0.3 is 10.1 Å². The van der Waals surface area contributed by atoms with E-state index >= 15 is 0 Å². The molecule has 0 aromatic rings. The van der Waals surface area contributed by atoms with Gasteiger partial charge in [0.2, 0.25) is 5.91 Å². The van der Waals surface area contributed by atoms with Crippen LogP contribution < -0.4 is 5.32 Å². The second-order valence-electron chi connectivity index (χ2n) is 5.38. The number of ketones is 1. The van der Waals surface area contributed by atoms with Crippen LogP contribution in [0, 0.1) is 0 Å². The van der Waals surface area contributed by atoms with Crippen molar-refractivity contribution in [3.63, 3.8) is 0 Å². The van der Waals surface area contributed by atoms with Gasteiger partial charge in [-0.1, -0.05) is 45.4 Å². The maximum atomic E-state index is 11.2.